The third kappa shape index (κ3) is 2.90. The number of rotatable bonds is 4. The first kappa shape index (κ1) is 15.5. The van der Waals surface area contributed by atoms with Gasteiger partial charge in [-0.05, 0) is 48.9 Å². The number of nitrogens with two attached hydrogens (primary N) is 1. The van der Waals surface area contributed by atoms with Gasteiger partial charge in [-0.1, -0.05) is 19.9 Å². The first-order valence-corrected chi connectivity index (χ1v) is 6.65. The lowest BCUT2D eigenvalue weighted by Crippen LogP contribution is -2.25. The minimum absolute atomic E-state index is 0.175. The standard InChI is InChI=1S/C16H24N2O/c1-9(2)14(8-17)15(18)13-7-10(3)16(19-6)12(5)11(13)4/h7,9,14-15H,18H2,1-6H3. The van der Waals surface area contributed by atoms with Crippen LogP contribution in [0.25, 0.3) is 0 Å². The summed E-state index contributed by atoms with van der Waals surface area (Å²) >= 11 is 0. The Labute approximate surface area is 116 Å². The number of nitrogens with zero attached hydrogens (tertiary/aromatic N) is 1. The monoisotopic (exact) mass is 260 g/mol. The molecule has 3 heteroatoms. The smallest absolute Gasteiger partial charge is 0.124 e. The zero-order valence-electron chi connectivity index (χ0n) is 12.7. The molecule has 3 nitrogen and oxygen atoms in total. The Bertz CT molecular complexity index is 500. The lowest BCUT2D eigenvalue weighted by Gasteiger charge is -2.25. The second kappa shape index (κ2) is 6.08. The molecule has 0 saturated carbocycles. The second-order valence-electron chi connectivity index (χ2n) is 5.49. The summed E-state index contributed by atoms with van der Waals surface area (Å²) < 4.78 is 5.42. The van der Waals surface area contributed by atoms with Gasteiger partial charge in [-0.2, -0.15) is 5.26 Å². The second-order valence-corrected chi connectivity index (χ2v) is 5.49. The number of methoxy groups -OCH3 is 1. The van der Waals surface area contributed by atoms with Crippen LogP contribution in [0, 0.1) is 43.9 Å². The van der Waals surface area contributed by atoms with Crippen LogP contribution in [-0.2, 0) is 0 Å². The van der Waals surface area contributed by atoms with E-state index in [1.165, 1.54) is 0 Å². The van der Waals surface area contributed by atoms with Crippen LogP contribution < -0.4 is 10.5 Å². The lowest BCUT2D eigenvalue weighted by molar-refractivity contribution is 0.396. The van der Waals surface area contributed by atoms with Crippen molar-refractivity contribution in [2.75, 3.05) is 7.11 Å². The van der Waals surface area contributed by atoms with E-state index in [2.05, 4.69) is 12.1 Å². The van der Waals surface area contributed by atoms with Crippen LogP contribution in [0.3, 0.4) is 0 Å². The van der Waals surface area contributed by atoms with Gasteiger partial charge < -0.3 is 10.5 Å². The van der Waals surface area contributed by atoms with Crippen LogP contribution >= 0.6 is 0 Å². The SMILES string of the molecule is COc1c(C)cc(C(N)C(C#N)C(C)C)c(C)c1C. The molecule has 0 aromatic heterocycles. The molecule has 2 atom stereocenters. The Morgan fingerprint density at radius 1 is 1.21 bits per heavy atom. The summed E-state index contributed by atoms with van der Waals surface area (Å²) in [5.41, 5.74) is 10.7. The van der Waals surface area contributed by atoms with Gasteiger partial charge in [0.2, 0.25) is 0 Å². The zero-order chi connectivity index (χ0) is 14.7. The topological polar surface area (TPSA) is 59.0 Å². The average molecular weight is 260 g/mol. The minimum atomic E-state index is -0.256. The van der Waals surface area contributed by atoms with E-state index in [0.29, 0.717) is 0 Å². The first-order chi connectivity index (χ1) is 8.84. The van der Waals surface area contributed by atoms with Crippen molar-refractivity contribution in [2.24, 2.45) is 17.6 Å². The van der Waals surface area contributed by atoms with E-state index in [4.69, 9.17) is 10.5 Å². The lowest BCUT2D eigenvalue weighted by atomic mass is 9.83. The van der Waals surface area contributed by atoms with E-state index in [1.54, 1.807) is 7.11 Å². The zero-order valence-corrected chi connectivity index (χ0v) is 12.7. The van der Waals surface area contributed by atoms with Crippen LogP contribution in [-0.4, -0.2) is 7.11 Å². The summed E-state index contributed by atoms with van der Waals surface area (Å²) in [4.78, 5) is 0. The van der Waals surface area contributed by atoms with Gasteiger partial charge in [0.05, 0.1) is 19.1 Å². The van der Waals surface area contributed by atoms with Gasteiger partial charge in [0.15, 0.2) is 0 Å². The normalized spacial score (nSPS) is 14.1. The van der Waals surface area contributed by atoms with E-state index >= 15 is 0 Å². The van der Waals surface area contributed by atoms with Gasteiger partial charge in [-0.15, -0.1) is 0 Å². The molecule has 2 unspecified atom stereocenters. The summed E-state index contributed by atoms with van der Waals surface area (Å²) in [6.45, 7) is 10.2. The molecule has 0 bridgehead atoms. The molecule has 0 radical (unpaired) electrons. The molecule has 1 aromatic rings. The van der Waals surface area contributed by atoms with Crippen molar-refractivity contribution in [3.05, 3.63) is 28.3 Å². The number of benzene rings is 1. The highest BCUT2D eigenvalue weighted by molar-refractivity contribution is 5.50. The van der Waals surface area contributed by atoms with Crippen molar-refractivity contribution in [2.45, 2.75) is 40.7 Å². The van der Waals surface area contributed by atoms with Gasteiger partial charge in [0.25, 0.3) is 0 Å². The largest absolute Gasteiger partial charge is 0.496 e. The Morgan fingerprint density at radius 3 is 2.21 bits per heavy atom. The van der Waals surface area contributed by atoms with Crippen molar-refractivity contribution in [3.8, 4) is 11.8 Å². The molecule has 0 aliphatic heterocycles. The van der Waals surface area contributed by atoms with E-state index in [-0.39, 0.29) is 17.9 Å². The molecule has 2 N–H and O–H groups in total. The summed E-state index contributed by atoms with van der Waals surface area (Å²) in [7, 11) is 1.68. The van der Waals surface area contributed by atoms with Crippen molar-refractivity contribution >= 4 is 0 Å². The van der Waals surface area contributed by atoms with Crippen molar-refractivity contribution in [3.63, 3.8) is 0 Å². The molecular formula is C16H24N2O. The molecule has 19 heavy (non-hydrogen) atoms. The predicted molar refractivity (Wildman–Crippen MR) is 78.1 cm³/mol. The average Bonchev–Trinajstić information content (AvgIpc) is 2.34. The van der Waals surface area contributed by atoms with Gasteiger partial charge in [-0.3, -0.25) is 0 Å². The minimum Gasteiger partial charge on any atom is -0.496 e. The number of nitriles is 1. The fourth-order valence-corrected chi connectivity index (χ4v) is 2.59. The quantitative estimate of drug-likeness (QED) is 0.902. The molecule has 0 aliphatic carbocycles. The fourth-order valence-electron chi connectivity index (χ4n) is 2.59. The van der Waals surface area contributed by atoms with Crippen LogP contribution in [0.5, 0.6) is 5.75 Å². The number of ether oxygens (including phenoxy) is 1. The van der Waals surface area contributed by atoms with Crippen LogP contribution in [0.1, 0.15) is 42.1 Å². The van der Waals surface area contributed by atoms with E-state index in [1.807, 2.05) is 34.6 Å². The highest BCUT2D eigenvalue weighted by atomic mass is 16.5. The molecule has 0 amide bonds. The Kier molecular flexibility index (Phi) is 4.97. The number of hydrogen-bond donors (Lipinski definition) is 1. The van der Waals surface area contributed by atoms with Crippen molar-refractivity contribution in [1.29, 1.82) is 5.26 Å². The van der Waals surface area contributed by atoms with Gasteiger partial charge in [-0.25, -0.2) is 0 Å². The molecule has 0 saturated heterocycles. The fraction of sp³-hybridized carbons (Fsp3) is 0.562. The van der Waals surface area contributed by atoms with Crippen molar-refractivity contribution < 1.29 is 4.74 Å². The summed E-state index contributed by atoms with van der Waals surface area (Å²) in [5.74, 6) is 0.972. The molecule has 0 heterocycles. The Hall–Kier alpha value is -1.53. The molecular weight excluding hydrogens is 236 g/mol. The Morgan fingerprint density at radius 2 is 1.79 bits per heavy atom. The summed E-state index contributed by atoms with van der Waals surface area (Å²) in [6.07, 6.45) is 0. The molecule has 0 fully saturated rings. The maximum Gasteiger partial charge on any atom is 0.124 e. The maximum atomic E-state index is 9.30. The number of aryl methyl sites for hydroxylation is 1. The summed E-state index contributed by atoms with van der Waals surface area (Å²) in [5, 5.41) is 9.30. The van der Waals surface area contributed by atoms with Crippen LogP contribution in [0.2, 0.25) is 0 Å². The van der Waals surface area contributed by atoms with Gasteiger partial charge in [0.1, 0.15) is 5.75 Å². The van der Waals surface area contributed by atoms with Crippen molar-refractivity contribution in [1.82, 2.24) is 0 Å². The highest BCUT2D eigenvalue weighted by Gasteiger charge is 2.25. The van der Waals surface area contributed by atoms with Crippen LogP contribution in [0.15, 0.2) is 6.07 Å². The molecule has 0 spiro atoms. The molecule has 1 rings (SSSR count). The summed E-state index contributed by atoms with van der Waals surface area (Å²) in [6, 6.07) is 4.14. The molecule has 0 aliphatic rings. The predicted octanol–water partition coefficient (Wildman–Crippen LogP) is 3.42. The first-order valence-electron chi connectivity index (χ1n) is 6.65. The van der Waals surface area contributed by atoms with Gasteiger partial charge in [0, 0.05) is 6.04 Å². The third-order valence-corrected chi connectivity index (χ3v) is 3.88. The number of hydrogen-bond acceptors (Lipinski definition) is 3. The van der Waals surface area contributed by atoms with Gasteiger partial charge >= 0.3 is 0 Å². The van der Waals surface area contributed by atoms with Crippen LogP contribution in [0.4, 0.5) is 0 Å². The van der Waals surface area contributed by atoms with E-state index in [9.17, 15) is 5.26 Å². The van der Waals surface area contributed by atoms with E-state index < -0.39 is 0 Å². The molecule has 1 aromatic carbocycles. The highest BCUT2D eigenvalue weighted by Crippen LogP contribution is 2.34. The molecule has 104 valence electrons. The maximum absolute atomic E-state index is 9.30. The van der Waals surface area contributed by atoms with E-state index in [0.717, 1.165) is 28.0 Å². The Balaban J connectivity index is 3.33. The third-order valence-electron chi connectivity index (χ3n) is 3.88.